The Morgan fingerprint density at radius 2 is 2.09 bits per heavy atom. The number of aliphatic hydroxyl groups is 1. The molecule has 1 aromatic heterocycles. The molecule has 1 atom stereocenters. The Morgan fingerprint density at radius 1 is 1.36 bits per heavy atom. The maximum atomic E-state index is 12.0. The average molecular weight is 306 g/mol. The van der Waals surface area contributed by atoms with E-state index in [0.717, 1.165) is 6.42 Å². The lowest BCUT2D eigenvalue weighted by molar-refractivity contribution is -0.122. The molecular formula is C16H22N2O4. The number of amides is 1. The Labute approximate surface area is 128 Å². The molecule has 2 aromatic rings. The van der Waals surface area contributed by atoms with E-state index in [1.54, 1.807) is 18.2 Å². The largest absolute Gasteiger partial charge is 0.419 e. The molecule has 0 fully saturated rings. The maximum Gasteiger partial charge on any atom is 0.419 e. The molecule has 6 nitrogen and oxygen atoms in total. The number of benzene rings is 1. The van der Waals surface area contributed by atoms with E-state index in [2.05, 4.69) is 5.32 Å². The third-order valence-electron chi connectivity index (χ3n) is 3.48. The molecule has 120 valence electrons. The monoisotopic (exact) mass is 306 g/mol. The van der Waals surface area contributed by atoms with Gasteiger partial charge in [-0.05, 0) is 24.5 Å². The summed E-state index contributed by atoms with van der Waals surface area (Å²) in [6, 6.07) is 6.87. The van der Waals surface area contributed by atoms with Crippen LogP contribution in [-0.2, 0) is 11.3 Å². The summed E-state index contributed by atoms with van der Waals surface area (Å²) in [5.74, 6) is -0.260. The van der Waals surface area contributed by atoms with Gasteiger partial charge in [0.05, 0.1) is 18.2 Å². The van der Waals surface area contributed by atoms with Crippen molar-refractivity contribution in [3.05, 3.63) is 34.8 Å². The predicted molar refractivity (Wildman–Crippen MR) is 83.6 cm³/mol. The van der Waals surface area contributed by atoms with Crippen molar-refractivity contribution in [3.8, 4) is 0 Å². The van der Waals surface area contributed by atoms with E-state index in [1.807, 2.05) is 19.9 Å². The highest BCUT2D eigenvalue weighted by Crippen LogP contribution is 2.12. The molecule has 0 spiro atoms. The highest BCUT2D eigenvalue weighted by molar-refractivity contribution is 5.77. The van der Waals surface area contributed by atoms with Crippen molar-refractivity contribution >= 4 is 17.0 Å². The number of carbonyl (C=O) groups is 1. The van der Waals surface area contributed by atoms with Crippen molar-refractivity contribution in [2.24, 2.45) is 5.92 Å². The summed E-state index contributed by atoms with van der Waals surface area (Å²) >= 11 is 0. The minimum atomic E-state index is -0.463. The third kappa shape index (κ3) is 3.98. The number of hydrogen-bond donors (Lipinski definition) is 2. The van der Waals surface area contributed by atoms with Crippen molar-refractivity contribution in [3.63, 3.8) is 0 Å². The lowest BCUT2D eigenvalue weighted by Crippen LogP contribution is -2.39. The number of hydrogen-bond acceptors (Lipinski definition) is 4. The molecule has 0 bridgehead atoms. The number of fused-ring (bicyclic) bond motifs is 1. The minimum absolute atomic E-state index is 0.0848. The molecule has 0 saturated carbocycles. The van der Waals surface area contributed by atoms with Crippen LogP contribution in [0.1, 0.15) is 26.7 Å². The molecule has 6 heteroatoms. The molecule has 2 N–H and O–H groups in total. The van der Waals surface area contributed by atoms with Gasteiger partial charge in [0.25, 0.3) is 0 Å². The normalized spacial score (nSPS) is 12.7. The minimum Gasteiger partial charge on any atom is -0.408 e. The van der Waals surface area contributed by atoms with Gasteiger partial charge in [-0.25, -0.2) is 4.79 Å². The topological polar surface area (TPSA) is 84.5 Å². The molecule has 0 aliphatic rings. The van der Waals surface area contributed by atoms with Crippen molar-refractivity contribution in [1.29, 1.82) is 0 Å². The Balaban J connectivity index is 1.98. The summed E-state index contributed by atoms with van der Waals surface area (Å²) in [5.41, 5.74) is 1.20. The second kappa shape index (κ2) is 7.26. The van der Waals surface area contributed by atoms with Crippen LogP contribution in [0.25, 0.3) is 11.1 Å². The highest BCUT2D eigenvalue weighted by Gasteiger charge is 2.14. The number of carbonyl (C=O) groups excluding carboxylic acids is 1. The number of oxazole rings is 1. The van der Waals surface area contributed by atoms with Gasteiger partial charge in [-0.2, -0.15) is 0 Å². The van der Waals surface area contributed by atoms with Gasteiger partial charge < -0.3 is 14.8 Å². The maximum absolute atomic E-state index is 12.0. The van der Waals surface area contributed by atoms with E-state index in [4.69, 9.17) is 4.42 Å². The zero-order valence-electron chi connectivity index (χ0n) is 12.9. The van der Waals surface area contributed by atoms with E-state index in [0.29, 0.717) is 17.0 Å². The molecule has 22 heavy (non-hydrogen) atoms. The van der Waals surface area contributed by atoms with Crippen molar-refractivity contribution in [1.82, 2.24) is 9.88 Å². The van der Waals surface area contributed by atoms with E-state index in [-0.39, 0.29) is 31.5 Å². The van der Waals surface area contributed by atoms with Crippen LogP contribution in [0.3, 0.4) is 0 Å². The van der Waals surface area contributed by atoms with Gasteiger partial charge in [0.1, 0.15) is 0 Å². The molecule has 1 amide bonds. The van der Waals surface area contributed by atoms with Gasteiger partial charge in [-0.1, -0.05) is 26.0 Å². The quantitative estimate of drug-likeness (QED) is 0.812. The van der Waals surface area contributed by atoms with E-state index in [9.17, 15) is 14.7 Å². The zero-order chi connectivity index (χ0) is 16.1. The number of para-hydroxylation sites is 2. The summed E-state index contributed by atoms with van der Waals surface area (Å²) in [6.45, 7) is 4.23. The molecule has 0 aliphatic carbocycles. The van der Waals surface area contributed by atoms with Gasteiger partial charge in [0.15, 0.2) is 5.58 Å². The number of aromatic nitrogens is 1. The Morgan fingerprint density at radius 3 is 2.77 bits per heavy atom. The Kier molecular flexibility index (Phi) is 5.38. The lowest BCUT2D eigenvalue weighted by atomic mass is 10.0. The van der Waals surface area contributed by atoms with E-state index in [1.165, 1.54) is 4.57 Å². The van der Waals surface area contributed by atoms with Gasteiger partial charge in [-0.15, -0.1) is 0 Å². The van der Waals surface area contributed by atoms with Crippen LogP contribution in [0.4, 0.5) is 0 Å². The fraction of sp³-hybridized carbons (Fsp3) is 0.500. The summed E-state index contributed by atoms with van der Waals surface area (Å²) in [5, 5.41) is 12.1. The third-order valence-corrected chi connectivity index (χ3v) is 3.48. The molecule has 0 saturated heterocycles. The first kappa shape index (κ1) is 16.3. The smallest absolute Gasteiger partial charge is 0.408 e. The number of nitrogens with zero attached hydrogens (tertiary/aromatic N) is 1. The van der Waals surface area contributed by atoms with Crippen LogP contribution in [0.2, 0.25) is 0 Å². The van der Waals surface area contributed by atoms with Gasteiger partial charge in [0.2, 0.25) is 5.91 Å². The molecule has 1 aromatic carbocycles. The first-order valence-corrected chi connectivity index (χ1v) is 7.50. The number of nitrogens with one attached hydrogen (secondary N) is 1. The zero-order valence-corrected chi connectivity index (χ0v) is 12.9. The molecule has 1 unspecified atom stereocenters. The van der Waals surface area contributed by atoms with E-state index >= 15 is 0 Å². The summed E-state index contributed by atoms with van der Waals surface area (Å²) in [7, 11) is 0. The standard InChI is InChI=1S/C16H22N2O4/c1-11(2)9-12(10-19)17-15(20)7-8-18-13-5-3-4-6-14(13)22-16(18)21/h3-6,11-12,19H,7-10H2,1-2H3,(H,17,20). The first-order chi connectivity index (χ1) is 10.5. The summed E-state index contributed by atoms with van der Waals surface area (Å²) in [4.78, 5) is 23.8. The molecule has 2 rings (SSSR count). The average Bonchev–Trinajstić information content (AvgIpc) is 2.79. The summed E-state index contributed by atoms with van der Waals surface area (Å²) < 4.78 is 6.57. The fourth-order valence-electron chi connectivity index (χ4n) is 2.49. The van der Waals surface area contributed by atoms with Crippen LogP contribution in [0.5, 0.6) is 0 Å². The highest BCUT2D eigenvalue weighted by atomic mass is 16.4. The first-order valence-electron chi connectivity index (χ1n) is 7.50. The van der Waals surface area contributed by atoms with Gasteiger partial charge in [0, 0.05) is 13.0 Å². The van der Waals surface area contributed by atoms with E-state index < -0.39 is 5.76 Å². The number of rotatable bonds is 7. The Hall–Kier alpha value is -2.08. The Bertz CT molecular complexity index is 687. The fourth-order valence-corrected chi connectivity index (χ4v) is 2.49. The second-order valence-electron chi connectivity index (χ2n) is 5.81. The molecule has 1 heterocycles. The van der Waals surface area contributed by atoms with Crippen LogP contribution in [-0.4, -0.2) is 28.2 Å². The van der Waals surface area contributed by atoms with Crippen LogP contribution in [0, 0.1) is 5.92 Å². The van der Waals surface area contributed by atoms with Crippen LogP contribution < -0.4 is 11.1 Å². The predicted octanol–water partition coefficient (Wildman–Crippen LogP) is 1.51. The van der Waals surface area contributed by atoms with Crippen molar-refractivity contribution in [2.75, 3.05) is 6.61 Å². The van der Waals surface area contributed by atoms with Gasteiger partial charge in [-0.3, -0.25) is 9.36 Å². The van der Waals surface area contributed by atoms with Crippen LogP contribution in [0.15, 0.2) is 33.5 Å². The summed E-state index contributed by atoms with van der Waals surface area (Å²) in [6.07, 6.45) is 0.884. The SMILES string of the molecule is CC(C)CC(CO)NC(=O)CCn1c(=O)oc2ccccc21. The lowest BCUT2D eigenvalue weighted by Gasteiger charge is -2.18. The molecule has 0 radical (unpaired) electrons. The number of aryl methyl sites for hydroxylation is 1. The number of aliphatic hydroxyl groups excluding tert-OH is 1. The second-order valence-corrected chi connectivity index (χ2v) is 5.81. The van der Waals surface area contributed by atoms with Crippen molar-refractivity contribution in [2.45, 2.75) is 39.3 Å². The molecule has 0 aliphatic heterocycles. The van der Waals surface area contributed by atoms with Crippen molar-refractivity contribution < 1.29 is 14.3 Å². The van der Waals surface area contributed by atoms with Crippen LogP contribution >= 0.6 is 0 Å². The molecular weight excluding hydrogens is 284 g/mol. The van der Waals surface area contributed by atoms with Gasteiger partial charge >= 0.3 is 5.76 Å².